The number of carbonyl (C=O) groups excluding carboxylic acids is 1. The highest BCUT2D eigenvalue weighted by atomic mass is 16.5. The van der Waals surface area contributed by atoms with Gasteiger partial charge >= 0.3 is 0 Å². The van der Waals surface area contributed by atoms with E-state index >= 15 is 0 Å². The van der Waals surface area contributed by atoms with E-state index in [0.717, 1.165) is 57.3 Å². The van der Waals surface area contributed by atoms with Crippen LogP contribution < -0.4 is 9.80 Å². The van der Waals surface area contributed by atoms with E-state index < -0.39 is 0 Å². The molecule has 0 saturated carbocycles. The number of rotatable bonds is 4. The number of ether oxygens (including phenoxy) is 1. The summed E-state index contributed by atoms with van der Waals surface area (Å²) >= 11 is 0. The molecule has 0 atom stereocenters. The molecule has 1 amide bonds. The first-order valence-electron chi connectivity index (χ1n) is 9.72. The Hall–Kier alpha value is -2.88. The van der Waals surface area contributed by atoms with Crippen LogP contribution in [0.1, 0.15) is 15.9 Å². The Kier molecular flexibility index (Phi) is 5.56. The third kappa shape index (κ3) is 3.86. The van der Waals surface area contributed by atoms with Crippen LogP contribution in [-0.4, -0.2) is 63.3 Å². The van der Waals surface area contributed by atoms with E-state index in [2.05, 4.69) is 21.9 Å². The van der Waals surface area contributed by atoms with Crippen molar-refractivity contribution in [1.29, 1.82) is 5.26 Å². The van der Waals surface area contributed by atoms with Gasteiger partial charge in [-0.2, -0.15) is 5.26 Å². The summed E-state index contributed by atoms with van der Waals surface area (Å²) in [4.78, 5) is 19.7. The zero-order valence-electron chi connectivity index (χ0n) is 15.9. The third-order valence-electron chi connectivity index (χ3n) is 5.38. The topological polar surface area (TPSA) is 59.8 Å². The van der Waals surface area contributed by atoms with Gasteiger partial charge in [-0.25, -0.2) is 0 Å². The van der Waals surface area contributed by atoms with Crippen LogP contribution in [0.4, 0.5) is 11.4 Å². The van der Waals surface area contributed by atoms with Crippen molar-refractivity contribution in [3.63, 3.8) is 0 Å². The molecule has 2 aromatic carbocycles. The lowest BCUT2D eigenvalue weighted by atomic mass is 10.1. The van der Waals surface area contributed by atoms with Gasteiger partial charge in [-0.3, -0.25) is 9.69 Å². The lowest BCUT2D eigenvalue weighted by Crippen LogP contribution is -2.47. The largest absolute Gasteiger partial charge is 0.379 e. The number of carbonyl (C=O) groups is 1. The highest BCUT2D eigenvalue weighted by Crippen LogP contribution is 2.33. The molecule has 2 aliphatic heterocycles. The van der Waals surface area contributed by atoms with Crippen molar-refractivity contribution >= 4 is 17.3 Å². The molecule has 4 rings (SSSR count). The summed E-state index contributed by atoms with van der Waals surface area (Å²) in [5, 5.41) is 9.12. The quantitative estimate of drug-likeness (QED) is 0.820. The second kappa shape index (κ2) is 8.42. The molecule has 2 aromatic rings. The van der Waals surface area contributed by atoms with Gasteiger partial charge in [0.2, 0.25) is 0 Å². The van der Waals surface area contributed by atoms with Crippen molar-refractivity contribution in [2.24, 2.45) is 0 Å². The minimum absolute atomic E-state index is 0.0580. The van der Waals surface area contributed by atoms with E-state index in [1.807, 2.05) is 23.1 Å². The Balaban J connectivity index is 1.52. The molecule has 28 heavy (non-hydrogen) atoms. The molecule has 1 fully saturated rings. The predicted octanol–water partition coefficient (Wildman–Crippen LogP) is 2.36. The number of anilines is 2. The van der Waals surface area contributed by atoms with Crippen LogP contribution in [-0.2, 0) is 4.74 Å². The second-order valence-corrected chi connectivity index (χ2v) is 7.08. The number of nitrogens with zero attached hydrogens (tertiary/aromatic N) is 4. The van der Waals surface area contributed by atoms with Crippen LogP contribution in [0, 0.1) is 11.3 Å². The maximum Gasteiger partial charge on any atom is 0.258 e. The fourth-order valence-corrected chi connectivity index (χ4v) is 3.83. The molecule has 0 spiro atoms. The van der Waals surface area contributed by atoms with Crippen LogP contribution >= 0.6 is 0 Å². The molecular weight excluding hydrogens is 352 g/mol. The zero-order valence-corrected chi connectivity index (χ0v) is 15.9. The molecule has 0 bridgehead atoms. The number of hydrogen-bond donors (Lipinski definition) is 0. The summed E-state index contributed by atoms with van der Waals surface area (Å²) in [5.41, 5.74) is 3.08. The van der Waals surface area contributed by atoms with Gasteiger partial charge in [-0.1, -0.05) is 18.2 Å². The van der Waals surface area contributed by atoms with Gasteiger partial charge in [-0.05, 0) is 30.3 Å². The molecule has 0 N–H and O–H groups in total. The summed E-state index contributed by atoms with van der Waals surface area (Å²) in [6.45, 7) is 6.94. The summed E-state index contributed by atoms with van der Waals surface area (Å²) in [6, 6.07) is 17.1. The average Bonchev–Trinajstić information content (AvgIpc) is 2.77. The molecular formula is C22H24N4O2. The standard InChI is InChI=1S/C22H24N4O2/c23-17-18-4-3-5-19(16-18)22(27)26-11-10-25(20-6-1-2-7-21(20)26)9-8-24-12-14-28-15-13-24/h1-7,16H,8-15H2. The van der Waals surface area contributed by atoms with Gasteiger partial charge in [0.25, 0.3) is 5.91 Å². The van der Waals surface area contributed by atoms with Gasteiger partial charge in [0.05, 0.1) is 36.2 Å². The molecule has 0 aliphatic carbocycles. The van der Waals surface area contributed by atoms with E-state index in [1.165, 1.54) is 0 Å². The molecule has 2 aliphatic rings. The van der Waals surface area contributed by atoms with Gasteiger partial charge < -0.3 is 14.5 Å². The van der Waals surface area contributed by atoms with E-state index in [-0.39, 0.29) is 5.91 Å². The van der Waals surface area contributed by atoms with Crippen molar-refractivity contribution in [3.8, 4) is 6.07 Å². The van der Waals surface area contributed by atoms with Gasteiger partial charge in [0.1, 0.15) is 0 Å². The molecule has 6 heteroatoms. The minimum Gasteiger partial charge on any atom is -0.379 e. The molecule has 2 heterocycles. The lowest BCUT2D eigenvalue weighted by Gasteiger charge is -2.39. The summed E-state index contributed by atoms with van der Waals surface area (Å²) in [7, 11) is 0. The molecule has 0 radical (unpaired) electrons. The normalized spacial score (nSPS) is 17.1. The van der Waals surface area contributed by atoms with E-state index in [9.17, 15) is 4.79 Å². The first-order chi connectivity index (χ1) is 13.8. The second-order valence-electron chi connectivity index (χ2n) is 7.08. The Morgan fingerprint density at radius 2 is 1.75 bits per heavy atom. The van der Waals surface area contributed by atoms with Gasteiger partial charge in [0.15, 0.2) is 0 Å². The lowest BCUT2D eigenvalue weighted by molar-refractivity contribution is 0.0391. The average molecular weight is 376 g/mol. The summed E-state index contributed by atoms with van der Waals surface area (Å²) in [5.74, 6) is -0.0580. The van der Waals surface area contributed by atoms with Crippen LogP contribution in [0.3, 0.4) is 0 Å². The number of fused-ring (bicyclic) bond motifs is 1. The van der Waals surface area contributed by atoms with E-state index in [4.69, 9.17) is 10.00 Å². The predicted molar refractivity (Wildman–Crippen MR) is 109 cm³/mol. The monoisotopic (exact) mass is 376 g/mol. The van der Waals surface area contributed by atoms with Gasteiger partial charge in [-0.15, -0.1) is 0 Å². The molecule has 0 aromatic heterocycles. The third-order valence-corrected chi connectivity index (χ3v) is 5.38. The Bertz CT molecular complexity index is 886. The fourth-order valence-electron chi connectivity index (χ4n) is 3.83. The summed E-state index contributed by atoms with van der Waals surface area (Å²) < 4.78 is 5.43. The Morgan fingerprint density at radius 1 is 0.964 bits per heavy atom. The molecule has 6 nitrogen and oxygen atoms in total. The zero-order chi connectivity index (χ0) is 19.3. The number of amides is 1. The highest BCUT2D eigenvalue weighted by molar-refractivity contribution is 6.08. The maximum atomic E-state index is 13.1. The smallest absolute Gasteiger partial charge is 0.258 e. The molecule has 0 unspecified atom stereocenters. The number of hydrogen-bond acceptors (Lipinski definition) is 5. The minimum atomic E-state index is -0.0580. The Morgan fingerprint density at radius 3 is 2.54 bits per heavy atom. The van der Waals surface area contributed by atoms with Crippen molar-refractivity contribution in [2.75, 3.05) is 62.3 Å². The molecule has 144 valence electrons. The first-order valence-corrected chi connectivity index (χ1v) is 9.72. The summed E-state index contributed by atoms with van der Waals surface area (Å²) in [6.07, 6.45) is 0. The SMILES string of the molecule is N#Cc1cccc(C(=O)N2CCN(CCN3CCOCC3)c3ccccc32)c1. The van der Waals surface area contributed by atoms with Crippen molar-refractivity contribution in [3.05, 3.63) is 59.7 Å². The fraction of sp³-hybridized carbons (Fsp3) is 0.364. The van der Waals surface area contributed by atoms with Crippen molar-refractivity contribution < 1.29 is 9.53 Å². The van der Waals surface area contributed by atoms with Crippen molar-refractivity contribution in [2.45, 2.75) is 0 Å². The van der Waals surface area contributed by atoms with Crippen molar-refractivity contribution in [1.82, 2.24) is 4.90 Å². The van der Waals surface area contributed by atoms with E-state index in [1.54, 1.807) is 24.3 Å². The molecule has 1 saturated heterocycles. The van der Waals surface area contributed by atoms with Gasteiger partial charge in [0, 0.05) is 44.8 Å². The maximum absolute atomic E-state index is 13.1. The first kappa shape index (κ1) is 18.5. The Labute approximate surface area is 165 Å². The number of morpholine rings is 1. The van der Waals surface area contributed by atoms with E-state index in [0.29, 0.717) is 17.7 Å². The van der Waals surface area contributed by atoms with Crippen LogP contribution in [0.25, 0.3) is 0 Å². The number of benzene rings is 2. The van der Waals surface area contributed by atoms with Crippen LogP contribution in [0.2, 0.25) is 0 Å². The number of nitriles is 1. The van der Waals surface area contributed by atoms with Crippen LogP contribution in [0.15, 0.2) is 48.5 Å². The number of para-hydroxylation sites is 2. The highest BCUT2D eigenvalue weighted by Gasteiger charge is 2.27. The van der Waals surface area contributed by atoms with Crippen LogP contribution in [0.5, 0.6) is 0 Å².